The number of esters is 1. The molecule has 200 valence electrons. The van der Waals surface area contributed by atoms with Crippen LogP contribution < -0.4 is 4.74 Å². The molecule has 3 aromatic carbocycles. The maximum absolute atomic E-state index is 13.1. The zero-order valence-corrected chi connectivity index (χ0v) is 21.3. The molecule has 3 aromatic rings. The third kappa shape index (κ3) is 6.11. The van der Waals surface area contributed by atoms with E-state index in [4.69, 9.17) is 9.47 Å². The number of aromatic hydroxyl groups is 2. The summed E-state index contributed by atoms with van der Waals surface area (Å²) in [5, 5.41) is 33.6. The minimum absolute atomic E-state index is 0.0273. The van der Waals surface area contributed by atoms with Gasteiger partial charge in [-0.15, -0.1) is 0 Å². The highest BCUT2D eigenvalue weighted by molar-refractivity contribution is 6.11. The predicted molar refractivity (Wildman–Crippen MR) is 146 cm³/mol. The van der Waals surface area contributed by atoms with Gasteiger partial charge in [0.05, 0.1) is 6.10 Å². The number of phenols is 2. The number of fused-ring (bicyclic) bond motifs is 4. The van der Waals surface area contributed by atoms with E-state index in [1.807, 2.05) is 60.7 Å². The first kappa shape index (κ1) is 26.4. The highest BCUT2D eigenvalue weighted by Crippen LogP contribution is 2.50. The molecule has 0 spiro atoms. The Kier molecular flexibility index (Phi) is 7.63. The number of hydrogen-bond acceptors (Lipinski definition) is 7. The zero-order chi connectivity index (χ0) is 27.4. The molecule has 0 radical (unpaired) electrons. The van der Waals surface area contributed by atoms with Crippen molar-refractivity contribution < 1.29 is 34.4 Å². The van der Waals surface area contributed by atoms with Crippen LogP contribution in [0.15, 0.2) is 78.9 Å². The number of aliphatic hydroxyl groups is 1. The molecular formula is C32H30O7. The fourth-order valence-corrected chi connectivity index (χ4v) is 5.27. The highest BCUT2D eigenvalue weighted by atomic mass is 16.6. The number of allylic oxidation sites excluding steroid dienone is 1. The molecule has 2 bridgehead atoms. The van der Waals surface area contributed by atoms with Gasteiger partial charge < -0.3 is 24.8 Å². The van der Waals surface area contributed by atoms with Gasteiger partial charge in [-0.2, -0.15) is 0 Å². The van der Waals surface area contributed by atoms with Gasteiger partial charge in [0, 0.05) is 24.5 Å². The van der Waals surface area contributed by atoms with Crippen molar-refractivity contribution in [3.8, 4) is 17.2 Å². The Morgan fingerprint density at radius 1 is 0.974 bits per heavy atom. The van der Waals surface area contributed by atoms with Crippen molar-refractivity contribution in [3.05, 3.63) is 101 Å². The fourth-order valence-electron chi connectivity index (χ4n) is 5.27. The Labute approximate surface area is 226 Å². The summed E-state index contributed by atoms with van der Waals surface area (Å²) in [7, 11) is 0. The van der Waals surface area contributed by atoms with E-state index in [2.05, 4.69) is 0 Å². The number of phenolic OH excluding ortho intramolecular Hbond substituents is 2. The van der Waals surface area contributed by atoms with Crippen LogP contribution in [0.4, 0.5) is 0 Å². The standard InChI is InChI=1S/C32H30O7/c33-25(15-14-21-8-3-1-4-9-21)30-26(34)19-27-29(31(30)36)23-18-24(12-7-13-28(35)38-27)39-32(37,20-23)17-16-22-10-5-2-6-11-22/h1-6,8-11,14-17,19,23-24,34,36-37H,7,12-13,18,20H2/t23-,24-,32+/m1/s1. The molecule has 0 aliphatic carbocycles. The second-order valence-corrected chi connectivity index (χ2v) is 9.97. The molecule has 3 atom stereocenters. The minimum atomic E-state index is -1.66. The van der Waals surface area contributed by atoms with Crippen LogP contribution in [0.25, 0.3) is 12.2 Å². The van der Waals surface area contributed by atoms with E-state index < -0.39 is 41.1 Å². The average Bonchev–Trinajstić information content (AvgIpc) is 2.91. The third-order valence-corrected chi connectivity index (χ3v) is 7.09. The number of ether oxygens (including phenoxy) is 2. The van der Waals surface area contributed by atoms with Gasteiger partial charge in [0.25, 0.3) is 0 Å². The second-order valence-electron chi connectivity index (χ2n) is 9.97. The molecule has 2 heterocycles. The van der Waals surface area contributed by atoms with Crippen molar-refractivity contribution in [3.63, 3.8) is 0 Å². The van der Waals surface area contributed by atoms with Crippen LogP contribution >= 0.6 is 0 Å². The highest BCUT2D eigenvalue weighted by Gasteiger charge is 2.42. The number of carbonyl (C=O) groups excluding carboxylic acids is 2. The number of hydrogen-bond donors (Lipinski definition) is 3. The van der Waals surface area contributed by atoms with Crippen LogP contribution in [0.2, 0.25) is 0 Å². The van der Waals surface area contributed by atoms with Crippen LogP contribution in [-0.2, 0) is 9.53 Å². The monoisotopic (exact) mass is 526 g/mol. The van der Waals surface area contributed by atoms with E-state index >= 15 is 0 Å². The number of carbonyl (C=O) groups is 2. The SMILES string of the molecule is O=C1CCC[C@@H]2C[C@H](C[C@](O)(C=Cc3ccccc3)O2)c2c(cc(O)c(C(=O)C=Cc3ccccc3)c2O)O1. The van der Waals surface area contributed by atoms with Crippen molar-refractivity contribution in [2.45, 2.75) is 49.9 Å². The van der Waals surface area contributed by atoms with Gasteiger partial charge in [0.2, 0.25) is 0 Å². The lowest BCUT2D eigenvalue weighted by atomic mass is 9.80. The molecule has 3 N–H and O–H groups in total. The first-order valence-electron chi connectivity index (χ1n) is 13.0. The normalized spacial score (nSPS) is 23.4. The van der Waals surface area contributed by atoms with E-state index in [0.29, 0.717) is 19.3 Å². The first-order valence-corrected chi connectivity index (χ1v) is 13.0. The summed E-state index contributed by atoms with van der Waals surface area (Å²) in [5.41, 5.74) is 1.56. The van der Waals surface area contributed by atoms with Gasteiger partial charge in [-0.1, -0.05) is 72.8 Å². The lowest BCUT2D eigenvalue weighted by Gasteiger charge is -2.41. The lowest BCUT2D eigenvalue weighted by molar-refractivity contribution is -0.227. The predicted octanol–water partition coefficient (Wildman–Crippen LogP) is 5.75. The molecule has 5 rings (SSSR count). The summed E-state index contributed by atoms with van der Waals surface area (Å²) < 4.78 is 11.6. The van der Waals surface area contributed by atoms with E-state index in [1.165, 1.54) is 12.1 Å². The number of ketones is 1. The summed E-state index contributed by atoms with van der Waals surface area (Å²) in [6, 6.07) is 19.9. The van der Waals surface area contributed by atoms with Crippen LogP contribution in [0.5, 0.6) is 17.2 Å². The van der Waals surface area contributed by atoms with Crippen LogP contribution in [0, 0.1) is 0 Å². The molecule has 7 nitrogen and oxygen atoms in total. The van der Waals surface area contributed by atoms with Gasteiger partial charge in [-0.25, -0.2) is 0 Å². The van der Waals surface area contributed by atoms with Crippen molar-refractivity contribution >= 4 is 23.9 Å². The summed E-state index contributed by atoms with van der Waals surface area (Å²) in [6.45, 7) is 0. The van der Waals surface area contributed by atoms with Gasteiger partial charge >= 0.3 is 5.97 Å². The van der Waals surface area contributed by atoms with Gasteiger partial charge in [-0.3, -0.25) is 9.59 Å². The lowest BCUT2D eigenvalue weighted by Crippen LogP contribution is -2.42. The molecule has 7 heteroatoms. The average molecular weight is 527 g/mol. The Hall–Kier alpha value is -4.20. The molecule has 39 heavy (non-hydrogen) atoms. The molecule has 2 aliphatic rings. The third-order valence-electron chi connectivity index (χ3n) is 7.09. The summed E-state index contributed by atoms with van der Waals surface area (Å²) in [6.07, 6.45) is 7.38. The second kappa shape index (κ2) is 11.3. The van der Waals surface area contributed by atoms with E-state index in [0.717, 1.165) is 11.1 Å². The molecular weight excluding hydrogens is 496 g/mol. The van der Waals surface area contributed by atoms with E-state index in [9.17, 15) is 24.9 Å². The van der Waals surface area contributed by atoms with Crippen LogP contribution in [0.3, 0.4) is 0 Å². The smallest absolute Gasteiger partial charge is 0.311 e. The molecule has 2 aliphatic heterocycles. The Morgan fingerprint density at radius 2 is 1.64 bits per heavy atom. The zero-order valence-electron chi connectivity index (χ0n) is 21.3. The fraction of sp³-hybridized carbons (Fsp3) is 0.250. The molecule has 0 unspecified atom stereocenters. The quantitative estimate of drug-likeness (QED) is 0.168. The molecule has 1 saturated heterocycles. The molecule has 0 saturated carbocycles. The maximum atomic E-state index is 13.1. The van der Waals surface area contributed by atoms with Crippen molar-refractivity contribution in [1.29, 1.82) is 0 Å². The maximum Gasteiger partial charge on any atom is 0.311 e. The minimum Gasteiger partial charge on any atom is -0.507 e. The molecule has 0 aromatic heterocycles. The van der Waals surface area contributed by atoms with Crippen molar-refractivity contribution in [2.75, 3.05) is 0 Å². The van der Waals surface area contributed by atoms with Crippen molar-refractivity contribution in [1.82, 2.24) is 0 Å². The summed E-state index contributed by atoms with van der Waals surface area (Å²) in [4.78, 5) is 25.7. The summed E-state index contributed by atoms with van der Waals surface area (Å²) >= 11 is 0. The van der Waals surface area contributed by atoms with Crippen LogP contribution in [-0.4, -0.2) is 39.0 Å². The van der Waals surface area contributed by atoms with Gasteiger partial charge in [0.1, 0.15) is 22.8 Å². The Morgan fingerprint density at radius 3 is 2.33 bits per heavy atom. The topological polar surface area (TPSA) is 113 Å². The van der Waals surface area contributed by atoms with Crippen LogP contribution in [0.1, 0.15) is 65.1 Å². The summed E-state index contributed by atoms with van der Waals surface area (Å²) in [5.74, 6) is -4.31. The van der Waals surface area contributed by atoms with Gasteiger partial charge in [-0.05, 0) is 48.5 Å². The van der Waals surface area contributed by atoms with E-state index in [-0.39, 0.29) is 29.7 Å². The van der Waals surface area contributed by atoms with Gasteiger partial charge in [0.15, 0.2) is 11.6 Å². The Bertz CT molecular complexity index is 1410. The molecule has 1 fully saturated rings. The van der Waals surface area contributed by atoms with E-state index in [1.54, 1.807) is 18.2 Å². The number of rotatable bonds is 5. The molecule has 0 amide bonds. The largest absolute Gasteiger partial charge is 0.507 e. The first-order chi connectivity index (χ1) is 18.8. The Balaban J connectivity index is 1.54. The number of benzene rings is 3. The van der Waals surface area contributed by atoms with Crippen molar-refractivity contribution in [2.24, 2.45) is 0 Å².